The number of nitrogens with one attached hydrogen (secondary N) is 1. The Labute approximate surface area is 127 Å². The minimum absolute atomic E-state index is 0.0434. The van der Waals surface area contributed by atoms with E-state index in [2.05, 4.69) is 5.32 Å². The maximum absolute atomic E-state index is 12.6. The molecule has 0 fully saturated rings. The van der Waals surface area contributed by atoms with E-state index in [4.69, 9.17) is 0 Å². The van der Waals surface area contributed by atoms with Gasteiger partial charge in [-0.25, -0.2) is 0 Å². The molecule has 0 aliphatic heterocycles. The Morgan fingerprint density at radius 3 is 2.45 bits per heavy atom. The fourth-order valence-corrected chi connectivity index (χ4v) is 2.79. The van der Waals surface area contributed by atoms with Gasteiger partial charge in [0, 0.05) is 28.9 Å². The number of rotatable bonds is 2. The van der Waals surface area contributed by atoms with Crippen molar-refractivity contribution in [1.29, 1.82) is 0 Å². The van der Waals surface area contributed by atoms with Crippen LogP contribution in [0.4, 0.5) is 5.69 Å². The van der Waals surface area contributed by atoms with E-state index in [1.54, 1.807) is 13.0 Å². The fraction of sp³-hybridized carbons (Fsp3) is 0.176. The zero-order valence-corrected chi connectivity index (χ0v) is 12.2. The second-order valence-corrected chi connectivity index (χ2v) is 5.21. The molecular formula is C17H15NO4. The van der Waals surface area contributed by atoms with Gasteiger partial charge in [0.05, 0.1) is 11.1 Å². The number of ketones is 2. The van der Waals surface area contributed by atoms with E-state index < -0.39 is 5.78 Å². The largest absolute Gasteiger partial charge is 0.507 e. The van der Waals surface area contributed by atoms with Crippen molar-refractivity contribution >= 4 is 17.3 Å². The molecule has 1 aliphatic rings. The monoisotopic (exact) mass is 297 g/mol. The SMILES string of the molecule is CCNc1cc2c(c(O)c1C)C(=O)c1c(O)cccc1C2=O. The van der Waals surface area contributed by atoms with Crippen LogP contribution in [0.3, 0.4) is 0 Å². The molecule has 0 amide bonds. The van der Waals surface area contributed by atoms with Gasteiger partial charge in [-0.05, 0) is 26.0 Å². The van der Waals surface area contributed by atoms with Crippen LogP contribution in [0, 0.1) is 6.92 Å². The Morgan fingerprint density at radius 2 is 1.77 bits per heavy atom. The standard InChI is InChI=1S/C17H15NO4/c1-3-18-11-7-10-14(15(20)8(11)2)17(22)13-9(16(10)21)5-4-6-12(13)19/h4-7,18-20H,3H2,1-2H3. The molecule has 0 atom stereocenters. The number of benzene rings is 2. The molecule has 0 radical (unpaired) electrons. The molecule has 0 saturated carbocycles. The Bertz CT molecular complexity index is 824. The molecule has 3 rings (SSSR count). The van der Waals surface area contributed by atoms with Gasteiger partial charge in [-0.2, -0.15) is 0 Å². The molecule has 0 heterocycles. The molecular weight excluding hydrogens is 282 g/mol. The minimum Gasteiger partial charge on any atom is -0.507 e. The molecule has 5 nitrogen and oxygen atoms in total. The van der Waals surface area contributed by atoms with Crippen LogP contribution in [-0.4, -0.2) is 28.3 Å². The first-order valence-corrected chi connectivity index (χ1v) is 6.99. The quantitative estimate of drug-likeness (QED) is 0.677. The summed E-state index contributed by atoms with van der Waals surface area (Å²) in [6.45, 7) is 4.19. The van der Waals surface area contributed by atoms with Crippen LogP contribution >= 0.6 is 0 Å². The fourth-order valence-electron chi connectivity index (χ4n) is 2.79. The number of phenols is 2. The first-order valence-electron chi connectivity index (χ1n) is 6.99. The summed E-state index contributed by atoms with van der Waals surface area (Å²) < 4.78 is 0. The van der Waals surface area contributed by atoms with Crippen molar-refractivity contribution in [1.82, 2.24) is 0 Å². The number of anilines is 1. The van der Waals surface area contributed by atoms with Crippen LogP contribution < -0.4 is 5.32 Å². The van der Waals surface area contributed by atoms with Gasteiger partial charge < -0.3 is 15.5 Å². The van der Waals surface area contributed by atoms with Gasteiger partial charge in [-0.1, -0.05) is 12.1 Å². The van der Waals surface area contributed by atoms with E-state index >= 15 is 0 Å². The van der Waals surface area contributed by atoms with Crippen LogP contribution in [0.25, 0.3) is 0 Å². The minimum atomic E-state index is -0.536. The van der Waals surface area contributed by atoms with Gasteiger partial charge in [0.15, 0.2) is 5.78 Å². The third-order valence-corrected chi connectivity index (χ3v) is 3.91. The first-order chi connectivity index (χ1) is 10.5. The molecule has 22 heavy (non-hydrogen) atoms. The highest BCUT2D eigenvalue weighted by atomic mass is 16.3. The van der Waals surface area contributed by atoms with E-state index in [0.29, 0.717) is 17.8 Å². The summed E-state index contributed by atoms with van der Waals surface area (Å²) in [5.74, 6) is -1.39. The van der Waals surface area contributed by atoms with Crippen molar-refractivity contribution in [3.8, 4) is 11.5 Å². The van der Waals surface area contributed by atoms with Crippen LogP contribution in [-0.2, 0) is 0 Å². The van der Waals surface area contributed by atoms with E-state index in [-0.39, 0.29) is 39.5 Å². The summed E-state index contributed by atoms with van der Waals surface area (Å²) in [5.41, 5.74) is 1.33. The smallest absolute Gasteiger partial charge is 0.201 e. The molecule has 112 valence electrons. The van der Waals surface area contributed by atoms with E-state index in [1.165, 1.54) is 18.2 Å². The summed E-state index contributed by atoms with van der Waals surface area (Å²) in [7, 11) is 0. The number of phenolic OH excluding ortho intramolecular Hbond substituents is 2. The van der Waals surface area contributed by atoms with Crippen molar-refractivity contribution in [2.45, 2.75) is 13.8 Å². The summed E-state index contributed by atoms with van der Waals surface area (Å²) >= 11 is 0. The van der Waals surface area contributed by atoms with Gasteiger partial charge in [-0.3, -0.25) is 9.59 Å². The van der Waals surface area contributed by atoms with E-state index in [0.717, 1.165) is 0 Å². The maximum atomic E-state index is 12.6. The van der Waals surface area contributed by atoms with E-state index in [1.807, 2.05) is 6.92 Å². The molecule has 2 aromatic carbocycles. The molecule has 2 aromatic rings. The van der Waals surface area contributed by atoms with Crippen LogP contribution in [0.5, 0.6) is 11.5 Å². The van der Waals surface area contributed by atoms with Crippen molar-refractivity contribution in [2.75, 3.05) is 11.9 Å². The molecule has 1 aliphatic carbocycles. The zero-order chi connectivity index (χ0) is 16.0. The third-order valence-electron chi connectivity index (χ3n) is 3.91. The second-order valence-electron chi connectivity index (χ2n) is 5.21. The highest BCUT2D eigenvalue weighted by molar-refractivity contribution is 6.30. The predicted molar refractivity (Wildman–Crippen MR) is 82.0 cm³/mol. The molecule has 0 saturated heterocycles. The summed E-state index contributed by atoms with van der Waals surface area (Å²) in [5, 5.41) is 23.3. The lowest BCUT2D eigenvalue weighted by Crippen LogP contribution is -2.22. The van der Waals surface area contributed by atoms with Crippen LogP contribution in [0.15, 0.2) is 24.3 Å². The normalized spacial score (nSPS) is 12.8. The molecule has 3 N–H and O–H groups in total. The molecule has 0 unspecified atom stereocenters. The number of hydrogen-bond donors (Lipinski definition) is 3. The first kappa shape index (κ1) is 14.1. The van der Waals surface area contributed by atoms with Crippen LogP contribution in [0.2, 0.25) is 0 Å². The Morgan fingerprint density at radius 1 is 1.05 bits per heavy atom. The second kappa shape index (κ2) is 4.87. The summed E-state index contributed by atoms with van der Waals surface area (Å²) in [6.07, 6.45) is 0. The predicted octanol–water partition coefficient (Wildman–Crippen LogP) is 2.61. The van der Waals surface area contributed by atoms with Gasteiger partial charge in [0.1, 0.15) is 11.5 Å². The topological polar surface area (TPSA) is 86.6 Å². The molecule has 5 heteroatoms. The number of aromatic hydroxyl groups is 2. The highest BCUT2D eigenvalue weighted by Gasteiger charge is 2.35. The zero-order valence-electron chi connectivity index (χ0n) is 12.2. The van der Waals surface area contributed by atoms with Gasteiger partial charge in [0.2, 0.25) is 5.78 Å². The number of fused-ring (bicyclic) bond motifs is 2. The lowest BCUT2D eigenvalue weighted by Gasteiger charge is -2.22. The molecule has 0 spiro atoms. The highest BCUT2D eigenvalue weighted by Crippen LogP contribution is 2.40. The average Bonchev–Trinajstić information content (AvgIpc) is 2.49. The van der Waals surface area contributed by atoms with Gasteiger partial charge >= 0.3 is 0 Å². The van der Waals surface area contributed by atoms with Crippen molar-refractivity contribution in [2.24, 2.45) is 0 Å². The van der Waals surface area contributed by atoms with Crippen LogP contribution in [0.1, 0.15) is 44.3 Å². The third kappa shape index (κ3) is 1.79. The molecule has 0 bridgehead atoms. The Kier molecular flexibility index (Phi) is 3.13. The summed E-state index contributed by atoms with van der Waals surface area (Å²) in [4.78, 5) is 25.2. The number of hydrogen-bond acceptors (Lipinski definition) is 5. The van der Waals surface area contributed by atoms with E-state index in [9.17, 15) is 19.8 Å². The summed E-state index contributed by atoms with van der Waals surface area (Å²) in [6, 6.07) is 5.96. The molecule has 0 aromatic heterocycles. The average molecular weight is 297 g/mol. The lowest BCUT2D eigenvalue weighted by atomic mass is 9.82. The Balaban J connectivity index is 2.33. The van der Waals surface area contributed by atoms with Gasteiger partial charge in [0.25, 0.3) is 0 Å². The van der Waals surface area contributed by atoms with Crippen molar-refractivity contribution in [3.05, 3.63) is 52.1 Å². The maximum Gasteiger partial charge on any atom is 0.201 e. The van der Waals surface area contributed by atoms with Crippen molar-refractivity contribution < 1.29 is 19.8 Å². The number of carbonyl (C=O) groups is 2. The lowest BCUT2D eigenvalue weighted by molar-refractivity contribution is 0.0974. The Hall–Kier alpha value is -2.82. The van der Waals surface area contributed by atoms with Crippen molar-refractivity contribution in [3.63, 3.8) is 0 Å². The van der Waals surface area contributed by atoms with Gasteiger partial charge in [-0.15, -0.1) is 0 Å². The number of carbonyl (C=O) groups excluding carboxylic acids is 2.